The lowest BCUT2D eigenvalue weighted by molar-refractivity contribution is -0.870. The van der Waals surface area contributed by atoms with Gasteiger partial charge in [0.05, 0.1) is 33.8 Å². The highest BCUT2D eigenvalue weighted by atomic mass is 31.2. The molecule has 0 aromatic rings. The van der Waals surface area contributed by atoms with Crippen molar-refractivity contribution in [2.24, 2.45) is 0 Å². The molecule has 0 saturated carbocycles. The normalized spacial score (nSPS) is 14.6. The summed E-state index contributed by atoms with van der Waals surface area (Å²) >= 11 is 0. The van der Waals surface area contributed by atoms with Crippen LogP contribution in [0.25, 0.3) is 0 Å². The molecule has 78 heavy (non-hydrogen) atoms. The summed E-state index contributed by atoms with van der Waals surface area (Å²) < 4.78 is 30.6. The molecule has 0 aliphatic carbocycles. The molecule has 0 aliphatic heterocycles. The number of rotatable bonds is 54. The zero-order chi connectivity index (χ0) is 57.2. The van der Waals surface area contributed by atoms with Crippen molar-refractivity contribution < 1.29 is 37.3 Å². The van der Waals surface area contributed by atoms with E-state index in [-0.39, 0.29) is 37.9 Å². The van der Waals surface area contributed by atoms with Crippen LogP contribution in [0.2, 0.25) is 0 Å². The number of hydrogen-bond acceptors (Lipinski definition) is 6. The zero-order valence-electron chi connectivity index (χ0n) is 50.6. The van der Waals surface area contributed by atoms with Crippen molar-refractivity contribution in [3.63, 3.8) is 0 Å². The summed E-state index contributed by atoms with van der Waals surface area (Å²) in [4.78, 5) is 37.7. The smallest absolute Gasteiger partial charge is 0.456 e. The molecular weight excluding hydrogens is 988 g/mol. The van der Waals surface area contributed by atoms with Gasteiger partial charge in [0.15, 0.2) is 0 Å². The standard InChI is InChI=1S/C68H115N2O7P/c1-7-10-13-16-19-22-25-27-29-31-32-33-34-35-36-37-38-39-41-43-46-49-52-55-58-61-68(72)77-66(59-56-53-50-47-44-24-21-18-15-12-9-3)65(64-76-78(73,74)75-63-62-70(4,5)6)69-67(71)60-57-54-51-48-45-42-40-30-28-26-23-20-17-14-11-8-2/h10-11,13-14,19-20,22-23,27-30,32-33,35-36,38-39,42,45,56,59,65-66H,7-9,12,15-18,21,24-26,31,34,37,40-41,43-44,46-55,57-58,60-64H2,1-6H3,(H-,69,71,73,74)/p+1/b13-10-,14-11+,22-19-,23-20+,29-27-,30-28+,33-32-,36-35-,39-38-,45-42+,59-56-. The minimum atomic E-state index is -4.47. The Labute approximate surface area is 479 Å². The summed E-state index contributed by atoms with van der Waals surface area (Å²) in [6.07, 6.45) is 80.3. The van der Waals surface area contributed by atoms with Gasteiger partial charge in [0.2, 0.25) is 5.91 Å². The topological polar surface area (TPSA) is 111 Å². The molecule has 10 heteroatoms. The van der Waals surface area contributed by atoms with Crippen LogP contribution in [0.1, 0.15) is 233 Å². The monoisotopic (exact) mass is 1100 g/mol. The SMILES string of the molecule is CC/C=C\C/C=C\C/C=C\C/C=C\C/C=C\C/C=C\CCCCCCCCC(=O)OC(/C=C\CCCCCCCCCCC)C(COP(=O)(O)OCC[N+](C)(C)C)NC(=O)CCCCC/C=C/C/C=C/C/C=C/C/C=C/CC. The second-order valence-electron chi connectivity index (χ2n) is 21.5. The van der Waals surface area contributed by atoms with Gasteiger partial charge in [-0.25, -0.2) is 4.57 Å². The number of allylic oxidation sites excluding steroid dienone is 21. The lowest BCUT2D eigenvalue weighted by Gasteiger charge is -2.27. The fourth-order valence-electron chi connectivity index (χ4n) is 8.11. The molecule has 0 radical (unpaired) electrons. The number of carbonyl (C=O) groups excluding carboxylic acids is 2. The van der Waals surface area contributed by atoms with Crippen LogP contribution in [0.5, 0.6) is 0 Å². The van der Waals surface area contributed by atoms with Gasteiger partial charge in [-0.1, -0.05) is 232 Å². The second-order valence-corrected chi connectivity index (χ2v) is 22.9. The van der Waals surface area contributed by atoms with Crippen LogP contribution in [-0.2, 0) is 27.9 Å². The minimum absolute atomic E-state index is 0.0236. The molecule has 0 aromatic carbocycles. The van der Waals surface area contributed by atoms with Gasteiger partial charge in [0.1, 0.15) is 19.3 Å². The molecule has 0 rings (SSSR count). The number of phosphoric ester groups is 1. The van der Waals surface area contributed by atoms with E-state index in [2.05, 4.69) is 148 Å². The first kappa shape index (κ1) is 74.2. The zero-order valence-corrected chi connectivity index (χ0v) is 51.5. The van der Waals surface area contributed by atoms with Gasteiger partial charge in [-0.05, 0) is 122 Å². The van der Waals surface area contributed by atoms with E-state index >= 15 is 0 Å². The maximum Gasteiger partial charge on any atom is 0.472 e. The summed E-state index contributed by atoms with van der Waals surface area (Å²) in [7, 11) is 1.44. The van der Waals surface area contributed by atoms with Crippen molar-refractivity contribution in [1.82, 2.24) is 5.32 Å². The molecule has 0 fully saturated rings. The Hall–Kier alpha value is -3.85. The highest BCUT2D eigenvalue weighted by Crippen LogP contribution is 2.43. The van der Waals surface area contributed by atoms with Gasteiger partial charge in [-0.2, -0.15) is 0 Å². The highest BCUT2D eigenvalue weighted by molar-refractivity contribution is 7.47. The summed E-state index contributed by atoms with van der Waals surface area (Å²) in [6.45, 7) is 6.72. The number of amides is 1. The van der Waals surface area contributed by atoms with Crippen molar-refractivity contribution in [2.45, 2.75) is 245 Å². The molecule has 0 aromatic heterocycles. The van der Waals surface area contributed by atoms with Crippen LogP contribution >= 0.6 is 7.82 Å². The number of esters is 1. The summed E-state index contributed by atoms with van der Waals surface area (Å²) in [5.41, 5.74) is 0. The van der Waals surface area contributed by atoms with E-state index in [0.717, 1.165) is 141 Å². The average molecular weight is 1100 g/mol. The fraction of sp³-hybridized carbons (Fsp3) is 0.647. The first-order valence-corrected chi connectivity index (χ1v) is 32.5. The summed E-state index contributed by atoms with van der Waals surface area (Å²) in [5, 5.41) is 3.03. The van der Waals surface area contributed by atoms with Crippen LogP contribution in [0.3, 0.4) is 0 Å². The fourth-order valence-corrected chi connectivity index (χ4v) is 8.85. The van der Waals surface area contributed by atoms with Crippen LogP contribution in [0.4, 0.5) is 0 Å². The molecule has 9 nitrogen and oxygen atoms in total. The lowest BCUT2D eigenvalue weighted by Crippen LogP contribution is -2.47. The third-order valence-corrected chi connectivity index (χ3v) is 13.8. The highest BCUT2D eigenvalue weighted by Gasteiger charge is 2.30. The first-order valence-electron chi connectivity index (χ1n) is 31.0. The van der Waals surface area contributed by atoms with Gasteiger partial charge < -0.3 is 19.4 Å². The van der Waals surface area contributed by atoms with Crippen molar-refractivity contribution in [1.29, 1.82) is 0 Å². The molecule has 2 N–H and O–H groups in total. The number of carbonyl (C=O) groups is 2. The maximum atomic E-state index is 13.5. The van der Waals surface area contributed by atoms with Crippen LogP contribution in [-0.4, -0.2) is 74.3 Å². The van der Waals surface area contributed by atoms with Gasteiger partial charge in [-0.3, -0.25) is 18.6 Å². The average Bonchev–Trinajstić information content (AvgIpc) is 3.41. The Balaban J connectivity index is 5.26. The third-order valence-electron chi connectivity index (χ3n) is 12.8. The molecular formula is C68H116N2O7P+. The number of likely N-dealkylation sites (N-methyl/N-ethyl adjacent to an activating group) is 1. The largest absolute Gasteiger partial charge is 0.472 e. The van der Waals surface area contributed by atoms with Crippen molar-refractivity contribution >= 4 is 19.7 Å². The van der Waals surface area contributed by atoms with Crippen LogP contribution < -0.4 is 5.32 Å². The quantitative estimate of drug-likeness (QED) is 0.0205. The predicted octanol–water partition coefficient (Wildman–Crippen LogP) is 19.3. The van der Waals surface area contributed by atoms with Crippen LogP contribution in [0, 0.1) is 0 Å². The number of unbranched alkanes of at least 4 members (excludes halogenated alkanes) is 18. The van der Waals surface area contributed by atoms with Gasteiger partial charge >= 0.3 is 13.8 Å². The van der Waals surface area contributed by atoms with Gasteiger partial charge in [-0.15, -0.1) is 0 Å². The van der Waals surface area contributed by atoms with E-state index in [1.54, 1.807) is 0 Å². The number of phosphoric acid groups is 1. The lowest BCUT2D eigenvalue weighted by atomic mass is 10.1. The molecule has 1 amide bonds. The summed E-state index contributed by atoms with van der Waals surface area (Å²) in [6, 6.07) is -0.881. The first-order chi connectivity index (χ1) is 37.9. The second kappa shape index (κ2) is 56.4. The molecule has 444 valence electrons. The maximum absolute atomic E-state index is 13.5. The van der Waals surface area contributed by atoms with E-state index < -0.39 is 20.0 Å². The number of ether oxygens (including phenoxy) is 1. The van der Waals surface area contributed by atoms with Crippen molar-refractivity contribution in [3.05, 3.63) is 134 Å². The number of nitrogens with zero attached hydrogens (tertiary/aromatic N) is 1. The van der Waals surface area contributed by atoms with E-state index in [4.69, 9.17) is 13.8 Å². The molecule has 0 spiro atoms. The Kier molecular flexibility index (Phi) is 53.6. The molecule has 0 saturated heterocycles. The van der Waals surface area contributed by atoms with Crippen LogP contribution in [0.15, 0.2) is 134 Å². The number of quaternary nitrogens is 1. The van der Waals surface area contributed by atoms with E-state index in [0.29, 0.717) is 23.9 Å². The Morgan fingerprint density at radius 1 is 0.462 bits per heavy atom. The van der Waals surface area contributed by atoms with E-state index in [1.807, 2.05) is 33.3 Å². The van der Waals surface area contributed by atoms with E-state index in [9.17, 15) is 19.0 Å². The molecule has 3 unspecified atom stereocenters. The van der Waals surface area contributed by atoms with E-state index in [1.165, 1.54) is 44.9 Å². The Bertz CT molecular complexity index is 1800. The van der Waals surface area contributed by atoms with Gasteiger partial charge in [0.25, 0.3) is 0 Å². The van der Waals surface area contributed by atoms with Crippen molar-refractivity contribution in [3.8, 4) is 0 Å². The molecule has 3 atom stereocenters. The third kappa shape index (κ3) is 56.9. The molecule has 0 heterocycles. The Morgan fingerprint density at radius 3 is 1.24 bits per heavy atom. The van der Waals surface area contributed by atoms with Gasteiger partial charge in [0, 0.05) is 12.8 Å². The van der Waals surface area contributed by atoms with Crippen molar-refractivity contribution in [2.75, 3.05) is 40.9 Å². The Morgan fingerprint density at radius 2 is 0.821 bits per heavy atom. The number of hydrogen-bond donors (Lipinski definition) is 2. The predicted molar refractivity (Wildman–Crippen MR) is 336 cm³/mol. The number of nitrogens with one attached hydrogen (secondary N) is 1. The summed E-state index contributed by atoms with van der Waals surface area (Å²) in [5.74, 6) is -0.570. The molecule has 0 aliphatic rings. The molecule has 0 bridgehead atoms. The minimum Gasteiger partial charge on any atom is -0.456 e.